The summed E-state index contributed by atoms with van der Waals surface area (Å²) in [4.78, 5) is 34.2. The summed E-state index contributed by atoms with van der Waals surface area (Å²) in [6, 6.07) is 4.86. The summed E-state index contributed by atoms with van der Waals surface area (Å²) >= 11 is 0. The molecular weight excluding hydrogens is 557 g/mol. The van der Waals surface area contributed by atoms with Crippen molar-refractivity contribution in [2.24, 2.45) is 11.5 Å². The van der Waals surface area contributed by atoms with E-state index in [1.54, 1.807) is 42.3 Å². The van der Waals surface area contributed by atoms with Crippen molar-refractivity contribution in [3.05, 3.63) is 66.9 Å². The first-order chi connectivity index (χ1) is 20.8. The summed E-state index contributed by atoms with van der Waals surface area (Å²) in [5.74, 6) is -0.366. The minimum Gasteiger partial charge on any atom is -0.443 e. The van der Waals surface area contributed by atoms with Crippen LogP contribution in [0.25, 0.3) is 6.20 Å². The van der Waals surface area contributed by atoms with Crippen molar-refractivity contribution in [1.82, 2.24) is 19.9 Å². The number of aldehydes is 1. The van der Waals surface area contributed by atoms with E-state index in [1.807, 2.05) is 16.0 Å². The number of benzene rings is 1. The van der Waals surface area contributed by atoms with Crippen LogP contribution in [0, 0.1) is 11.2 Å². The smallest absolute Gasteiger partial charge is 0.414 e. The normalized spacial score (nSPS) is 16.2. The van der Waals surface area contributed by atoms with Gasteiger partial charge in [-0.05, 0) is 37.5 Å². The SMILES string of the molecule is C=CN.CCC.CNCC1CN(c2ccc(N3CCN(OC/C=C/n4ccncc4=N)CC3)c(F)c2)C(=O)O1.NCC=O. The van der Waals surface area contributed by atoms with Crippen LogP contribution in [-0.4, -0.2) is 92.6 Å². The molecule has 2 aromatic rings. The second-order valence-corrected chi connectivity index (χ2v) is 9.12. The molecule has 43 heavy (non-hydrogen) atoms. The highest BCUT2D eigenvalue weighted by Gasteiger charge is 2.32. The van der Waals surface area contributed by atoms with Crippen molar-refractivity contribution in [2.45, 2.75) is 26.4 Å². The predicted octanol–water partition coefficient (Wildman–Crippen LogP) is 1.92. The Labute approximate surface area is 253 Å². The third kappa shape index (κ3) is 13.2. The standard InChI is InChI=1S/C22H28FN7O3.C3H8.C2H5NO.C2H5N/c1-25-14-18-16-30(22(31)33-18)17-3-4-20(19(23)13-17)27-8-10-29(11-9-27)32-12-2-6-28-7-5-26-15-21(28)24;1-3-2;3-1-2-4;1-2-3/h2-7,13,15,18,24-25H,8-12,14,16H2,1H3;3H2,1-2H3;2H,1,3H2;2H,1,3H2/b6-2+,24-21?;;;. The molecule has 3 heterocycles. The molecule has 14 heteroatoms. The summed E-state index contributed by atoms with van der Waals surface area (Å²) in [5.41, 5.74) is 10.6. The van der Waals surface area contributed by atoms with Crippen molar-refractivity contribution >= 4 is 30.0 Å². The Morgan fingerprint density at radius 3 is 2.49 bits per heavy atom. The Hall–Kier alpha value is -4.11. The number of anilines is 2. The van der Waals surface area contributed by atoms with Crippen LogP contribution in [-0.2, 0) is 14.4 Å². The zero-order valence-corrected chi connectivity index (χ0v) is 25.3. The number of hydroxylamine groups is 2. The lowest BCUT2D eigenvalue weighted by molar-refractivity contribution is -0.150. The highest BCUT2D eigenvalue weighted by atomic mass is 19.1. The fourth-order valence-corrected chi connectivity index (χ4v) is 3.85. The topological polar surface area (TPSA) is 168 Å². The molecule has 0 radical (unpaired) electrons. The second-order valence-electron chi connectivity index (χ2n) is 9.12. The van der Waals surface area contributed by atoms with Crippen LogP contribution >= 0.6 is 0 Å². The van der Waals surface area contributed by atoms with Crippen LogP contribution in [0.15, 0.2) is 55.6 Å². The third-order valence-electron chi connectivity index (χ3n) is 5.63. The zero-order valence-electron chi connectivity index (χ0n) is 25.3. The van der Waals surface area contributed by atoms with Crippen molar-refractivity contribution in [3.8, 4) is 0 Å². The maximum absolute atomic E-state index is 14.9. The molecule has 0 saturated carbocycles. The number of nitrogens with two attached hydrogens (primary N) is 2. The fourth-order valence-electron chi connectivity index (χ4n) is 3.85. The molecule has 6 N–H and O–H groups in total. The first-order valence-corrected chi connectivity index (χ1v) is 14.0. The lowest BCUT2D eigenvalue weighted by atomic mass is 10.2. The van der Waals surface area contributed by atoms with Crippen molar-refractivity contribution in [3.63, 3.8) is 0 Å². The minimum atomic E-state index is -0.455. The first-order valence-electron chi connectivity index (χ1n) is 14.0. The molecule has 1 amide bonds. The Balaban J connectivity index is 0.000000812. The van der Waals surface area contributed by atoms with E-state index in [1.165, 1.54) is 29.8 Å². The molecule has 13 nitrogen and oxygen atoms in total. The van der Waals surface area contributed by atoms with Gasteiger partial charge in [0, 0.05) is 57.9 Å². The van der Waals surface area contributed by atoms with Crippen LogP contribution in [0.4, 0.5) is 20.6 Å². The molecule has 2 aliphatic rings. The maximum Gasteiger partial charge on any atom is 0.414 e. The van der Waals surface area contributed by atoms with Gasteiger partial charge in [-0.3, -0.25) is 20.1 Å². The highest BCUT2D eigenvalue weighted by molar-refractivity contribution is 5.90. The van der Waals surface area contributed by atoms with Gasteiger partial charge in [-0.2, -0.15) is 5.06 Å². The van der Waals surface area contributed by atoms with Crippen LogP contribution in [0.3, 0.4) is 0 Å². The molecule has 0 bridgehead atoms. The van der Waals surface area contributed by atoms with Gasteiger partial charge in [-0.15, -0.1) is 0 Å². The van der Waals surface area contributed by atoms with Crippen molar-refractivity contribution < 1.29 is 23.6 Å². The van der Waals surface area contributed by atoms with E-state index in [4.69, 9.17) is 19.8 Å². The van der Waals surface area contributed by atoms with Crippen LogP contribution in [0.2, 0.25) is 0 Å². The summed E-state index contributed by atoms with van der Waals surface area (Å²) in [7, 11) is 1.79. The molecule has 1 aromatic carbocycles. The molecule has 238 valence electrons. The summed E-state index contributed by atoms with van der Waals surface area (Å²) in [6.45, 7) is 11.3. The quantitative estimate of drug-likeness (QED) is 0.311. The number of amides is 1. The Morgan fingerprint density at radius 1 is 1.28 bits per heavy atom. The van der Waals surface area contributed by atoms with E-state index >= 15 is 0 Å². The number of likely N-dealkylation sites (N-methyl/N-ethyl adjacent to an activating group) is 1. The van der Waals surface area contributed by atoms with Gasteiger partial charge in [0.15, 0.2) is 0 Å². The van der Waals surface area contributed by atoms with Gasteiger partial charge < -0.3 is 35.8 Å². The molecule has 1 unspecified atom stereocenters. The summed E-state index contributed by atoms with van der Waals surface area (Å²) in [6.07, 6.45) is 10.8. The molecule has 1 atom stereocenters. The molecule has 1 aromatic heterocycles. The van der Waals surface area contributed by atoms with E-state index in [9.17, 15) is 9.18 Å². The van der Waals surface area contributed by atoms with Crippen LogP contribution in [0.1, 0.15) is 20.3 Å². The minimum absolute atomic E-state index is 0.139. The number of nitrogens with one attached hydrogen (secondary N) is 2. The van der Waals surface area contributed by atoms with Gasteiger partial charge in [-0.25, -0.2) is 9.18 Å². The summed E-state index contributed by atoms with van der Waals surface area (Å²) in [5, 5.41) is 12.6. The first kappa shape index (κ1) is 36.9. The number of ether oxygens (including phenoxy) is 1. The van der Waals surface area contributed by atoms with E-state index < -0.39 is 6.09 Å². The maximum atomic E-state index is 14.9. The van der Waals surface area contributed by atoms with Gasteiger partial charge >= 0.3 is 6.09 Å². The number of carbonyl (C=O) groups excluding carboxylic acids is 2. The number of piperazine rings is 1. The molecule has 4 rings (SSSR count). The molecular formula is C29H46FN9O4. The largest absolute Gasteiger partial charge is 0.443 e. The average Bonchev–Trinajstić information content (AvgIpc) is 3.37. The van der Waals surface area contributed by atoms with Gasteiger partial charge in [0.25, 0.3) is 0 Å². The van der Waals surface area contributed by atoms with Gasteiger partial charge in [0.1, 0.15) is 23.7 Å². The molecule has 0 spiro atoms. The Morgan fingerprint density at radius 2 is 1.93 bits per heavy atom. The van der Waals surface area contributed by atoms with Gasteiger partial charge in [-0.1, -0.05) is 26.8 Å². The molecule has 0 aliphatic carbocycles. The van der Waals surface area contributed by atoms with Crippen molar-refractivity contribution in [1.29, 1.82) is 5.41 Å². The Bertz CT molecular complexity index is 1190. The van der Waals surface area contributed by atoms with E-state index in [-0.39, 0.29) is 24.0 Å². The second kappa shape index (κ2) is 21.6. The number of carbonyl (C=O) groups is 2. The monoisotopic (exact) mass is 603 g/mol. The van der Waals surface area contributed by atoms with Crippen LogP contribution < -0.4 is 32.1 Å². The fraction of sp³-hybridized carbons (Fsp3) is 0.448. The Kier molecular flexibility index (Phi) is 18.5. The molecule has 2 saturated heterocycles. The predicted molar refractivity (Wildman–Crippen MR) is 167 cm³/mol. The number of hydrogen-bond acceptors (Lipinski definition) is 11. The number of cyclic esters (lactones) is 1. The van der Waals surface area contributed by atoms with Gasteiger partial charge in [0.2, 0.25) is 0 Å². The van der Waals surface area contributed by atoms with Gasteiger partial charge in [0.05, 0.1) is 30.7 Å². The molecule has 2 fully saturated rings. The molecule has 2 aliphatic heterocycles. The van der Waals surface area contributed by atoms with E-state index in [2.05, 4.69) is 42.2 Å². The number of aromatic nitrogens is 2. The average molecular weight is 604 g/mol. The number of hydrogen-bond donors (Lipinski definition) is 4. The number of halogens is 1. The van der Waals surface area contributed by atoms with Crippen molar-refractivity contribution in [2.75, 3.05) is 69.3 Å². The van der Waals surface area contributed by atoms with E-state index in [0.29, 0.717) is 63.5 Å². The summed E-state index contributed by atoms with van der Waals surface area (Å²) < 4.78 is 21.8. The third-order valence-corrected chi connectivity index (χ3v) is 5.63. The highest BCUT2D eigenvalue weighted by Crippen LogP contribution is 2.28. The number of rotatable bonds is 9. The number of nitrogens with zero attached hydrogens (tertiary/aromatic N) is 5. The lowest BCUT2D eigenvalue weighted by Crippen LogP contribution is -2.46. The van der Waals surface area contributed by atoms with Crippen LogP contribution in [0.5, 0.6) is 0 Å². The lowest BCUT2D eigenvalue weighted by Gasteiger charge is -2.35. The van der Waals surface area contributed by atoms with E-state index in [0.717, 1.165) is 0 Å². The zero-order chi connectivity index (χ0) is 32.0.